The number of aliphatic hydroxyl groups excluding tert-OH is 1. The van der Waals surface area contributed by atoms with Crippen LogP contribution in [0.15, 0.2) is 18.2 Å². The minimum absolute atomic E-state index is 0.169. The summed E-state index contributed by atoms with van der Waals surface area (Å²) in [7, 11) is 0. The Balaban J connectivity index is 2.42. The van der Waals surface area contributed by atoms with Crippen molar-refractivity contribution in [3.8, 4) is 5.75 Å². The van der Waals surface area contributed by atoms with Gasteiger partial charge >= 0.3 is 0 Å². The van der Waals surface area contributed by atoms with Crippen molar-refractivity contribution in [3.63, 3.8) is 0 Å². The van der Waals surface area contributed by atoms with Crippen LogP contribution in [0, 0.1) is 11.6 Å². The summed E-state index contributed by atoms with van der Waals surface area (Å²) in [5.74, 6) is -2.49. The van der Waals surface area contributed by atoms with Crippen molar-refractivity contribution in [2.24, 2.45) is 0 Å². The molecule has 1 aromatic rings. The number of carbonyl (C=O) groups excluding carboxylic acids is 1. The number of rotatable bonds is 6. The molecule has 0 saturated carbocycles. The standard InChI is InChI=1S/C12H15F2NO4/c1-12(18,7-16)6-15-11(17)5-19-10-3-2-8(13)4-9(10)14/h2-4,16,18H,5-7H2,1H3,(H,15,17). The van der Waals surface area contributed by atoms with Crippen molar-refractivity contribution in [2.75, 3.05) is 19.8 Å². The number of benzene rings is 1. The normalized spacial score (nSPS) is 13.7. The summed E-state index contributed by atoms with van der Waals surface area (Å²) in [5, 5.41) is 20.5. The summed E-state index contributed by atoms with van der Waals surface area (Å²) in [6.45, 7) is 0.177. The van der Waals surface area contributed by atoms with Crippen molar-refractivity contribution in [1.29, 1.82) is 0 Å². The molecule has 0 heterocycles. The van der Waals surface area contributed by atoms with Gasteiger partial charge in [-0.3, -0.25) is 4.79 Å². The number of hydrogen-bond acceptors (Lipinski definition) is 4. The largest absolute Gasteiger partial charge is 0.481 e. The van der Waals surface area contributed by atoms with Gasteiger partial charge in [-0.1, -0.05) is 0 Å². The zero-order chi connectivity index (χ0) is 14.5. The third kappa shape index (κ3) is 5.19. The summed E-state index contributed by atoms with van der Waals surface area (Å²) < 4.78 is 30.6. The summed E-state index contributed by atoms with van der Waals surface area (Å²) in [6.07, 6.45) is 0. The van der Waals surface area contributed by atoms with Crippen LogP contribution in [0.3, 0.4) is 0 Å². The van der Waals surface area contributed by atoms with Gasteiger partial charge in [0.2, 0.25) is 0 Å². The molecule has 0 aliphatic heterocycles. The highest BCUT2D eigenvalue weighted by molar-refractivity contribution is 5.77. The highest BCUT2D eigenvalue weighted by Gasteiger charge is 2.19. The van der Waals surface area contributed by atoms with Crippen LogP contribution < -0.4 is 10.1 Å². The van der Waals surface area contributed by atoms with E-state index in [2.05, 4.69) is 5.32 Å². The molecule has 1 unspecified atom stereocenters. The second-order valence-electron chi connectivity index (χ2n) is 4.30. The maximum absolute atomic E-state index is 13.2. The summed E-state index contributed by atoms with van der Waals surface area (Å²) in [5.41, 5.74) is -1.43. The van der Waals surface area contributed by atoms with Crippen LogP contribution in [-0.4, -0.2) is 41.5 Å². The molecule has 1 amide bonds. The van der Waals surface area contributed by atoms with Crippen LogP contribution in [0.5, 0.6) is 5.75 Å². The molecule has 0 saturated heterocycles. The number of aliphatic hydroxyl groups is 2. The van der Waals surface area contributed by atoms with Crippen LogP contribution in [0.2, 0.25) is 0 Å². The second-order valence-corrected chi connectivity index (χ2v) is 4.30. The first-order chi connectivity index (χ1) is 8.84. The molecule has 0 aromatic heterocycles. The highest BCUT2D eigenvalue weighted by atomic mass is 19.1. The van der Waals surface area contributed by atoms with E-state index in [1.54, 1.807) is 0 Å². The Morgan fingerprint density at radius 1 is 1.47 bits per heavy atom. The van der Waals surface area contributed by atoms with Crippen molar-refractivity contribution in [2.45, 2.75) is 12.5 Å². The number of halogens is 2. The summed E-state index contributed by atoms with van der Waals surface area (Å²) in [6, 6.07) is 2.72. The van der Waals surface area contributed by atoms with Crippen LogP contribution in [-0.2, 0) is 4.79 Å². The lowest BCUT2D eigenvalue weighted by Crippen LogP contribution is -2.44. The topological polar surface area (TPSA) is 78.8 Å². The molecule has 7 heteroatoms. The van der Waals surface area contributed by atoms with Crippen molar-refractivity contribution < 1.29 is 28.5 Å². The first kappa shape index (κ1) is 15.3. The first-order valence-electron chi connectivity index (χ1n) is 5.52. The third-order valence-electron chi connectivity index (χ3n) is 2.26. The van der Waals surface area contributed by atoms with Gasteiger partial charge in [-0.25, -0.2) is 8.78 Å². The predicted octanol–water partition coefficient (Wildman–Crippen LogP) is 0.203. The summed E-state index contributed by atoms with van der Waals surface area (Å²) in [4.78, 5) is 11.3. The second kappa shape index (κ2) is 6.44. The minimum Gasteiger partial charge on any atom is -0.481 e. The quantitative estimate of drug-likeness (QED) is 0.693. The van der Waals surface area contributed by atoms with E-state index < -0.39 is 36.4 Å². The number of nitrogens with one attached hydrogen (secondary N) is 1. The van der Waals surface area contributed by atoms with Crippen LogP contribution in [0.1, 0.15) is 6.92 Å². The van der Waals surface area contributed by atoms with E-state index in [9.17, 15) is 18.7 Å². The smallest absolute Gasteiger partial charge is 0.258 e. The van der Waals surface area contributed by atoms with E-state index in [0.717, 1.165) is 12.1 Å². The van der Waals surface area contributed by atoms with Crippen molar-refractivity contribution in [1.82, 2.24) is 5.32 Å². The van der Waals surface area contributed by atoms with E-state index >= 15 is 0 Å². The Hall–Kier alpha value is -1.73. The number of amides is 1. The Morgan fingerprint density at radius 2 is 2.16 bits per heavy atom. The lowest BCUT2D eigenvalue weighted by atomic mass is 10.1. The van der Waals surface area contributed by atoms with Gasteiger partial charge in [0, 0.05) is 12.6 Å². The zero-order valence-corrected chi connectivity index (χ0v) is 10.3. The monoisotopic (exact) mass is 275 g/mol. The van der Waals surface area contributed by atoms with Crippen LogP contribution >= 0.6 is 0 Å². The molecule has 0 aliphatic rings. The zero-order valence-electron chi connectivity index (χ0n) is 10.3. The Kier molecular flexibility index (Phi) is 5.20. The van der Waals surface area contributed by atoms with E-state index in [4.69, 9.17) is 9.84 Å². The maximum atomic E-state index is 13.2. The van der Waals surface area contributed by atoms with Crippen LogP contribution in [0.4, 0.5) is 8.78 Å². The van der Waals surface area contributed by atoms with Gasteiger partial charge in [-0.05, 0) is 19.1 Å². The molecule has 5 nitrogen and oxygen atoms in total. The molecule has 0 radical (unpaired) electrons. The van der Waals surface area contributed by atoms with E-state index in [-0.39, 0.29) is 12.3 Å². The lowest BCUT2D eigenvalue weighted by Gasteiger charge is -2.20. The van der Waals surface area contributed by atoms with Crippen molar-refractivity contribution >= 4 is 5.91 Å². The number of hydrogen-bond donors (Lipinski definition) is 3. The minimum atomic E-state index is -1.43. The average molecular weight is 275 g/mol. The third-order valence-corrected chi connectivity index (χ3v) is 2.26. The van der Waals surface area contributed by atoms with Gasteiger partial charge in [0.05, 0.1) is 6.61 Å². The van der Waals surface area contributed by atoms with E-state index in [0.29, 0.717) is 6.07 Å². The van der Waals surface area contributed by atoms with Crippen molar-refractivity contribution in [3.05, 3.63) is 29.8 Å². The lowest BCUT2D eigenvalue weighted by molar-refractivity contribution is -0.124. The number of carbonyl (C=O) groups is 1. The molecular formula is C12H15F2NO4. The molecule has 19 heavy (non-hydrogen) atoms. The fraction of sp³-hybridized carbons (Fsp3) is 0.417. The molecule has 0 bridgehead atoms. The molecule has 0 aliphatic carbocycles. The Labute approximate surface area is 108 Å². The number of ether oxygens (including phenoxy) is 1. The van der Waals surface area contributed by atoms with Gasteiger partial charge in [0.25, 0.3) is 5.91 Å². The molecule has 0 fully saturated rings. The van der Waals surface area contributed by atoms with E-state index in [1.807, 2.05) is 0 Å². The molecule has 1 aromatic carbocycles. The van der Waals surface area contributed by atoms with Gasteiger partial charge in [-0.15, -0.1) is 0 Å². The van der Waals surface area contributed by atoms with Gasteiger partial charge in [-0.2, -0.15) is 0 Å². The fourth-order valence-electron chi connectivity index (χ4n) is 1.13. The van der Waals surface area contributed by atoms with Gasteiger partial charge < -0.3 is 20.3 Å². The summed E-state index contributed by atoms with van der Waals surface area (Å²) >= 11 is 0. The average Bonchev–Trinajstić information content (AvgIpc) is 2.35. The fourth-order valence-corrected chi connectivity index (χ4v) is 1.13. The highest BCUT2D eigenvalue weighted by Crippen LogP contribution is 2.17. The Morgan fingerprint density at radius 3 is 2.74 bits per heavy atom. The van der Waals surface area contributed by atoms with Gasteiger partial charge in [0.1, 0.15) is 11.4 Å². The molecule has 1 atom stereocenters. The van der Waals surface area contributed by atoms with Crippen LogP contribution in [0.25, 0.3) is 0 Å². The predicted molar refractivity (Wildman–Crippen MR) is 62.6 cm³/mol. The maximum Gasteiger partial charge on any atom is 0.258 e. The van der Waals surface area contributed by atoms with E-state index in [1.165, 1.54) is 6.92 Å². The molecule has 106 valence electrons. The molecular weight excluding hydrogens is 260 g/mol. The molecule has 3 N–H and O–H groups in total. The van der Waals surface area contributed by atoms with Gasteiger partial charge in [0.15, 0.2) is 18.2 Å². The Bertz CT molecular complexity index is 451. The molecule has 0 spiro atoms. The SMILES string of the molecule is CC(O)(CO)CNC(=O)COc1ccc(F)cc1F. The molecule has 1 rings (SSSR count). The first-order valence-corrected chi connectivity index (χ1v) is 5.52.